The number of aromatic nitrogens is 1. The highest BCUT2D eigenvalue weighted by Crippen LogP contribution is 2.40. The molecule has 2 amide bonds. The van der Waals surface area contributed by atoms with E-state index in [1.54, 1.807) is 42.5 Å². The Hall–Kier alpha value is -3.46. The summed E-state index contributed by atoms with van der Waals surface area (Å²) in [6, 6.07) is 15.3. The van der Waals surface area contributed by atoms with E-state index in [0.29, 0.717) is 32.4 Å². The Kier molecular flexibility index (Phi) is 6.60. The molecule has 1 aliphatic heterocycles. The highest BCUT2D eigenvalue weighted by Gasteiger charge is 2.40. The summed E-state index contributed by atoms with van der Waals surface area (Å²) in [4.78, 5) is 46.3. The highest BCUT2D eigenvalue weighted by molar-refractivity contribution is 6.35. The number of amides is 2. The predicted molar refractivity (Wildman–Crippen MR) is 120 cm³/mol. The van der Waals surface area contributed by atoms with Crippen molar-refractivity contribution in [2.75, 3.05) is 0 Å². The zero-order valence-electron chi connectivity index (χ0n) is 16.9. The van der Waals surface area contributed by atoms with Crippen molar-refractivity contribution in [1.29, 1.82) is 0 Å². The Morgan fingerprint density at radius 3 is 2.61 bits per heavy atom. The van der Waals surface area contributed by atoms with Crippen molar-refractivity contribution in [2.45, 2.75) is 18.6 Å². The summed E-state index contributed by atoms with van der Waals surface area (Å²) in [6.07, 6.45) is 0. The van der Waals surface area contributed by atoms with E-state index in [4.69, 9.17) is 33.1 Å². The summed E-state index contributed by atoms with van der Waals surface area (Å²) in [7, 11) is 0. The van der Waals surface area contributed by atoms with Gasteiger partial charge in [0.15, 0.2) is 0 Å². The number of fused-ring (bicyclic) bond motifs is 1. The molecule has 1 aromatic heterocycles. The molecule has 0 unspecified atom stereocenters. The molecule has 0 fully saturated rings. The molecule has 8 nitrogen and oxygen atoms in total. The van der Waals surface area contributed by atoms with Gasteiger partial charge in [-0.2, -0.15) is 0 Å². The molecule has 0 saturated carbocycles. The van der Waals surface area contributed by atoms with Gasteiger partial charge < -0.3 is 10.4 Å². The largest absolute Gasteiger partial charge is 0.477 e. The lowest BCUT2D eigenvalue weighted by Crippen LogP contribution is -2.44. The van der Waals surface area contributed by atoms with Crippen molar-refractivity contribution in [1.82, 2.24) is 15.8 Å². The molecular formula is C23H17Cl2N3O5. The molecule has 1 aliphatic rings. The molecule has 3 aromatic rings. The van der Waals surface area contributed by atoms with Crippen LogP contribution in [0.4, 0.5) is 0 Å². The number of hydrogen-bond donors (Lipinski definition) is 3. The number of carbonyl (C=O) groups is 3. The topological polar surface area (TPSA) is 118 Å². The van der Waals surface area contributed by atoms with Crippen LogP contribution in [0.3, 0.4) is 0 Å². The number of carboxylic acids is 1. The molecule has 0 radical (unpaired) electrons. The van der Waals surface area contributed by atoms with Crippen LogP contribution < -0.4 is 10.8 Å². The minimum Gasteiger partial charge on any atom is -0.477 e. The lowest BCUT2D eigenvalue weighted by Gasteiger charge is -2.33. The van der Waals surface area contributed by atoms with Crippen LogP contribution >= 0.6 is 23.2 Å². The monoisotopic (exact) mass is 485 g/mol. The van der Waals surface area contributed by atoms with Gasteiger partial charge in [0.25, 0.3) is 11.8 Å². The maximum atomic E-state index is 13.2. The summed E-state index contributed by atoms with van der Waals surface area (Å²) >= 11 is 12.4. The molecule has 0 bridgehead atoms. The van der Waals surface area contributed by atoms with E-state index in [1.807, 2.05) is 0 Å². The Labute approximate surface area is 198 Å². The fraction of sp³-hybridized carbons (Fsp3) is 0.130. The average Bonchev–Trinajstić information content (AvgIpc) is 2.79. The maximum Gasteiger partial charge on any atom is 0.354 e. The van der Waals surface area contributed by atoms with Crippen molar-refractivity contribution < 1.29 is 24.3 Å². The first-order valence-electron chi connectivity index (χ1n) is 9.80. The Morgan fingerprint density at radius 2 is 1.85 bits per heavy atom. The van der Waals surface area contributed by atoms with Crippen LogP contribution in [0.1, 0.15) is 49.6 Å². The summed E-state index contributed by atoms with van der Waals surface area (Å²) in [5, 5.41) is 12.6. The molecule has 4 rings (SSSR count). The van der Waals surface area contributed by atoms with Gasteiger partial charge in [-0.05, 0) is 41.5 Å². The number of benzene rings is 2. The smallest absolute Gasteiger partial charge is 0.354 e. The minimum absolute atomic E-state index is 0.135. The van der Waals surface area contributed by atoms with E-state index < -0.39 is 23.8 Å². The van der Waals surface area contributed by atoms with Crippen molar-refractivity contribution in [3.8, 4) is 0 Å². The predicted octanol–water partition coefficient (Wildman–Crippen LogP) is 3.90. The second-order valence-electron chi connectivity index (χ2n) is 7.26. The Morgan fingerprint density at radius 1 is 1.06 bits per heavy atom. The number of hydroxylamine groups is 1. The van der Waals surface area contributed by atoms with E-state index in [0.717, 1.165) is 0 Å². The van der Waals surface area contributed by atoms with Crippen LogP contribution in [0.2, 0.25) is 10.0 Å². The van der Waals surface area contributed by atoms with Gasteiger partial charge in [-0.3, -0.25) is 14.4 Å². The van der Waals surface area contributed by atoms with Crippen LogP contribution in [0.5, 0.6) is 0 Å². The molecule has 168 valence electrons. The van der Waals surface area contributed by atoms with Crippen LogP contribution in [0.15, 0.2) is 60.7 Å². The molecule has 0 spiro atoms. The number of nitrogens with one attached hydrogen (secondary N) is 2. The number of pyridine rings is 1. The third kappa shape index (κ3) is 4.83. The molecule has 2 aromatic carbocycles. The summed E-state index contributed by atoms with van der Waals surface area (Å²) in [5.41, 5.74) is 3.99. The lowest BCUT2D eigenvalue weighted by molar-refractivity contribution is -0.137. The van der Waals surface area contributed by atoms with Gasteiger partial charge in [-0.25, -0.2) is 15.3 Å². The minimum atomic E-state index is -1.17. The number of aromatic carboxylic acids is 1. The van der Waals surface area contributed by atoms with Gasteiger partial charge >= 0.3 is 5.97 Å². The van der Waals surface area contributed by atoms with Crippen LogP contribution in [0.25, 0.3) is 0 Å². The fourth-order valence-corrected chi connectivity index (χ4v) is 4.21. The third-order valence-electron chi connectivity index (χ3n) is 5.16. The standard InChI is InChI=1S/C23H17Cl2N3O5/c24-12-8-9-16(17(25)10-12)20-19(14-5-1-2-6-15(14)21(29)27-20)22(30)28-33-11-13-4-3-7-18(26-13)23(31)32/h1-10,19-20H,11H2,(H,27,29)(H,28,30)(H,31,32)/t19-,20+/m1/s1. The Bertz CT molecular complexity index is 1250. The van der Waals surface area contributed by atoms with Crippen LogP contribution in [-0.2, 0) is 16.2 Å². The number of rotatable bonds is 6. The van der Waals surface area contributed by atoms with Crippen molar-refractivity contribution in [3.63, 3.8) is 0 Å². The molecule has 2 atom stereocenters. The van der Waals surface area contributed by atoms with E-state index in [-0.39, 0.29) is 18.2 Å². The van der Waals surface area contributed by atoms with Gasteiger partial charge in [0.2, 0.25) is 0 Å². The molecule has 33 heavy (non-hydrogen) atoms. The van der Waals surface area contributed by atoms with E-state index in [9.17, 15) is 14.4 Å². The van der Waals surface area contributed by atoms with Crippen molar-refractivity contribution in [2.24, 2.45) is 0 Å². The third-order valence-corrected chi connectivity index (χ3v) is 5.72. The second-order valence-corrected chi connectivity index (χ2v) is 8.10. The molecular weight excluding hydrogens is 469 g/mol. The Balaban J connectivity index is 1.59. The molecule has 3 N–H and O–H groups in total. The first-order chi connectivity index (χ1) is 15.8. The number of carbonyl (C=O) groups excluding carboxylic acids is 2. The zero-order chi connectivity index (χ0) is 23.5. The van der Waals surface area contributed by atoms with Gasteiger partial charge in [0, 0.05) is 15.6 Å². The number of carboxylic acid groups (broad SMARTS) is 1. The van der Waals surface area contributed by atoms with Crippen molar-refractivity contribution >= 4 is 41.0 Å². The van der Waals surface area contributed by atoms with Gasteiger partial charge in [0.05, 0.1) is 17.7 Å². The number of halogens is 2. The molecule has 0 aliphatic carbocycles. The average molecular weight is 486 g/mol. The summed E-state index contributed by atoms with van der Waals surface area (Å²) < 4.78 is 0. The number of hydrogen-bond acceptors (Lipinski definition) is 5. The summed E-state index contributed by atoms with van der Waals surface area (Å²) in [6.45, 7) is -0.153. The van der Waals surface area contributed by atoms with Gasteiger partial charge in [0.1, 0.15) is 12.3 Å². The molecule has 2 heterocycles. The second kappa shape index (κ2) is 9.58. The summed E-state index contributed by atoms with van der Waals surface area (Å²) in [5.74, 6) is -2.87. The zero-order valence-corrected chi connectivity index (χ0v) is 18.4. The highest BCUT2D eigenvalue weighted by atomic mass is 35.5. The van der Waals surface area contributed by atoms with E-state index in [1.165, 1.54) is 18.2 Å². The normalized spacial score (nSPS) is 17.1. The number of nitrogens with zero attached hydrogens (tertiary/aromatic N) is 1. The van der Waals surface area contributed by atoms with Crippen LogP contribution in [-0.4, -0.2) is 27.9 Å². The van der Waals surface area contributed by atoms with E-state index in [2.05, 4.69) is 15.8 Å². The van der Waals surface area contributed by atoms with Gasteiger partial charge in [-0.1, -0.05) is 53.5 Å². The molecule has 10 heteroatoms. The first-order valence-corrected chi connectivity index (χ1v) is 10.6. The fourth-order valence-electron chi connectivity index (χ4n) is 3.68. The maximum absolute atomic E-state index is 13.2. The van der Waals surface area contributed by atoms with Crippen molar-refractivity contribution in [3.05, 3.63) is 98.8 Å². The van der Waals surface area contributed by atoms with Gasteiger partial charge in [-0.15, -0.1) is 0 Å². The lowest BCUT2D eigenvalue weighted by atomic mass is 9.80. The SMILES string of the molecule is O=C(O)c1cccc(CONC(=O)[C@@H]2c3ccccc3C(=O)N[C@H]2c2ccc(Cl)cc2Cl)n1. The van der Waals surface area contributed by atoms with E-state index >= 15 is 0 Å². The first kappa shape index (κ1) is 22.7. The van der Waals surface area contributed by atoms with Crippen LogP contribution in [0, 0.1) is 0 Å². The molecule has 0 saturated heterocycles. The quantitative estimate of drug-likeness (QED) is 0.455.